The summed E-state index contributed by atoms with van der Waals surface area (Å²) in [7, 11) is 0. The summed E-state index contributed by atoms with van der Waals surface area (Å²) in [4.78, 5) is 4.64. The van der Waals surface area contributed by atoms with Crippen LogP contribution >= 0.6 is 11.6 Å². The minimum Gasteiger partial charge on any atom is -0.486 e. The van der Waals surface area contributed by atoms with Crippen LogP contribution in [-0.2, 0) is 16.2 Å². The Morgan fingerprint density at radius 2 is 1.09 bits per heavy atom. The first-order valence-corrected chi connectivity index (χ1v) is 20.6. The maximum absolute atomic E-state index is 7.98. The molecule has 57 heavy (non-hydrogen) atoms. The fourth-order valence-corrected chi connectivity index (χ4v) is 8.45. The molecule has 0 amide bonds. The molecule has 1 aliphatic rings. The Morgan fingerprint density at radius 3 is 1.68 bits per heavy atom. The van der Waals surface area contributed by atoms with Crippen molar-refractivity contribution in [2.24, 2.45) is 0 Å². The molecule has 1 aromatic heterocycles. The highest BCUT2D eigenvalue weighted by atomic mass is 35.5. The second-order valence-electron chi connectivity index (χ2n) is 19.1. The van der Waals surface area contributed by atoms with Crippen LogP contribution in [0.2, 0.25) is 5.02 Å². The molecule has 6 heteroatoms. The summed E-state index contributed by atoms with van der Waals surface area (Å²) in [5.74, 6) is 1.55. The van der Waals surface area contributed by atoms with E-state index in [-0.39, 0.29) is 16.2 Å². The Bertz CT molecular complexity index is 2470. The van der Waals surface area contributed by atoms with Crippen molar-refractivity contribution in [1.29, 1.82) is 0 Å². The number of aryl methyl sites for hydroxylation is 4. The lowest BCUT2D eigenvalue weighted by atomic mass is 9.84. The van der Waals surface area contributed by atoms with Crippen molar-refractivity contribution in [3.63, 3.8) is 0 Å². The first-order valence-electron chi connectivity index (χ1n) is 20.2. The van der Waals surface area contributed by atoms with E-state index in [1.807, 2.05) is 6.26 Å². The number of ether oxygens (including phenoxy) is 2. The van der Waals surface area contributed by atoms with Crippen molar-refractivity contribution in [3.8, 4) is 11.5 Å². The van der Waals surface area contributed by atoms with Gasteiger partial charge >= 0.3 is 0 Å². The van der Waals surface area contributed by atoms with Gasteiger partial charge in [0.15, 0.2) is 11.5 Å². The Labute approximate surface area is 345 Å². The number of benzene rings is 5. The average molecular weight is 783 g/mol. The fourth-order valence-electron chi connectivity index (χ4n) is 8.17. The summed E-state index contributed by atoms with van der Waals surface area (Å²) in [5, 5.41) is 1.66. The summed E-state index contributed by atoms with van der Waals surface area (Å²) in [5.41, 5.74) is 15.8. The van der Waals surface area contributed by atoms with Crippen molar-refractivity contribution in [3.05, 3.63) is 129 Å². The van der Waals surface area contributed by atoms with Crippen molar-refractivity contribution < 1.29 is 13.9 Å². The highest BCUT2D eigenvalue weighted by Gasteiger charge is 2.31. The Kier molecular flexibility index (Phi) is 10.3. The second kappa shape index (κ2) is 14.5. The van der Waals surface area contributed by atoms with Crippen molar-refractivity contribution in [2.75, 3.05) is 23.0 Å². The molecule has 7 rings (SSSR count). The van der Waals surface area contributed by atoms with Gasteiger partial charge in [-0.05, 0) is 132 Å². The predicted octanol–water partition coefficient (Wildman–Crippen LogP) is 15.2. The molecule has 0 aliphatic carbocycles. The van der Waals surface area contributed by atoms with E-state index in [9.17, 15) is 0 Å². The minimum absolute atomic E-state index is 0.000670. The van der Waals surface area contributed by atoms with Crippen LogP contribution in [0.4, 0.5) is 34.1 Å². The van der Waals surface area contributed by atoms with Crippen molar-refractivity contribution >= 4 is 56.7 Å². The van der Waals surface area contributed by atoms with E-state index in [1.165, 1.54) is 16.7 Å². The summed E-state index contributed by atoms with van der Waals surface area (Å²) >= 11 is 7.98. The Morgan fingerprint density at radius 1 is 0.544 bits per heavy atom. The summed E-state index contributed by atoms with van der Waals surface area (Å²) in [6.45, 7) is 32.2. The van der Waals surface area contributed by atoms with E-state index in [2.05, 4.69) is 180 Å². The molecule has 0 saturated carbocycles. The quantitative estimate of drug-likeness (QED) is 0.168. The number of fused-ring (bicyclic) bond motifs is 2. The van der Waals surface area contributed by atoms with E-state index < -0.39 is 0 Å². The lowest BCUT2D eigenvalue weighted by Gasteiger charge is -2.35. The molecule has 2 heterocycles. The Balaban J connectivity index is 1.55. The molecule has 0 saturated heterocycles. The molecule has 5 aromatic carbocycles. The third-order valence-electron chi connectivity index (χ3n) is 11.3. The number of anilines is 6. The summed E-state index contributed by atoms with van der Waals surface area (Å²) < 4.78 is 18.8. The van der Waals surface area contributed by atoms with Crippen molar-refractivity contribution in [2.45, 2.75) is 113 Å². The van der Waals surface area contributed by atoms with Crippen molar-refractivity contribution in [1.82, 2.24) is 0 Å². The monoisotopic (exact) mass is 782 g/mol. The molecular weight excluding hydrogens is 724 g/mol. The fraction of sp³-hybridized carbons (Fsp3) is 0.373. The van der Waals surface area contributed by atoms with Gasteiger partial charge in [-0.2, -0.15) is 0 Å². The number of halogens is 1. The maximum atomic E-state index is 7.98. The van der Waals surface area contributed by atoms with Crippen LogP contribution in [0.25, 0.3) is 11.0 Å². The van der Waals surface area contributed by atoms with Crippen LogP contribution in [-0.4, -0.2) is 13.2 Å². The maximum Gasteiger partial charge on any atom is 0.166 e. The van der Waals surface area contributed by atoms with E-state index in [4.69, 9.17) is 25.5 Å². The number of nitrogens with zero attached hydrogens (tertiary/aromatic N) is 2. The van der Waals surface area contributed by atoms with Gasteiger partial charge in [0.05, 0.1) is 33.5 Å². The molecule has 0 N–H and O–H groups in total. The predicted molar refractivity (Wildman–Crippen MR) is 241 cm³/mol. The first-order chi connectivity index (χ1) is 26.6. The third kappa shape index (κ3) is 7.52. The third-order valence-corrected chi connectivity index (χ3v) is 11.7. The topological polar surface area (TPSA) is 38.1 Å². The second-order valence-corrected chi connectivity index (χ2v) is 19.4. The first kappa shape index (κ1) is 40.3. The van der Waals surface area contributed by atoms with Gasteiger partial charge in [-0.3, -0.25) is 0 Å². The van der Waals surface area contributed by atoms with Crippen LogP contribution in [0.1, 0.15) is 107 Å². The summed E-state index contributed by atoms with van der Waals surface area (Å²) in [6, 6.07) is 26.6. The SMILES string of the molecule is Cc1cc(N(c2ccc(C(C)(C)C)cc2)c2c(C)cc3c(c2C)OCCO3)c(Cl)c(N(c2c(C)cc(C(C)(C)C)cc2C)c2coc3ccc(C(C)(C)C)cc23)c1. The van der Waals surface area contributed by atoms with Crippen LogP contribution in [0.15, 0.2) is 83.5 Å². The minimum atomic E-state index is -0.0513. The zero-order chi connectivity index (χ0) is 41.4. The van der Waals surface area contributed by atoms with E-state index in [0.717, 1.165) is 84.4 Å². The zero-order valence-electron chi connectivity index (χ0n) is 36.4. The van der Waals surface area contributed by atoms with Gasteiger partial charge < -0.3 is 23.7 Å². The summed E-state index contributed by atoms with van der Waals surface area (Å²) in [6.07, 6.45) is 1.89. The molecule has 0 fully saturated rings. The van der Waals surface area contributed by atoms with Gasteiger partial charge in [0.25, 0.3) is 0 Å². The van der Waals surface area contributed by atoms with Crippen LogP contribution in [0, 0.1) is 34.6 Å². The standard InChI is InChI=1S/C51H59ClN2O3/c1-30-23-40(53(38-18-15-35(16-19-38)49(6,7)8)47-33(4)27-44-48(34(47)5)56-22-21-55-44)45(52)41(24-30)54(46-31(2)25-37(26-32(46)3)51(12,13)14)42-29-57-43-20-17-36(28-39(42)43)50(9,10)11/h15-20,23-29H,21-22H2,1-14H3. The number of hydrogen-bond donors (Lipinski definition) is 0. The molecule has 0 atom stereocenters. The molecule has 0 unspecified atom stereocenters. The zero-order valence-corrected chi connectivity index (χ0v) is 37.2. The normalized spacial score (nSPS) is 13.3. The van der Waals surface area contributed by atoms with E-state index in [0.29, 0.717) is 18.2 Å². The van der Waals surface area contributed by atoms with Gasteiger partial charge in [-0.15, -0.1) is 0 Å². The lowest BCUT2D eigenvalue weighted by molar-refractivity contribution is 0.170. The molecule has 0 radical (unpaired) electrons. The van der Waals surface area contributed by atoms with Crippen LogP contribution < -0.4 is 19.3 Å². The van der Waals surface area contributed by atoms with Gasteiger partial charge in [0.1, 0.15) is 25.1 Å². The van der Waals surface area contributed by atoms with E-state index in [1.54, 1.807) is 0 Å². The molecule has 0 spiro atoms. The molecule has 5 nitrogen and oxygen atoms in total. The highest BCUT2D eigenvalue weighted by Crippen LogP contribution is 2.53. The number of furan rings is 1. The van der Waals surface area contributed by atoms with Gasteiger partial charge in [0.2, 0.25) is 0 Å². The lowest BCUT2D eigenvalue weighted by Crippen LogP contribution is -2.20. The van der Waals surface area contributed by atoms with Gasteiger partial charge in [-0.25, -0.2) is 0 Å². The Hall–Kier alpha value is -4.87. The molecule has 0 bridgehead atoms. The van der Waals surface area contributed by atoms with Gasteiger partial charge in [-0.1, -0.05) is 104 Å². The molecule has 1 aliphatic heterocycles. The molecule has 298 valence electrons. The molecule has 6 aromatic rings. The van der Waals surface area contributed by atoms with Gasteiger partial charge in [0, 0.05) is 16.6 Å². The molecular formula is C51H59ClN2O3. The van der Waals surface area contributed by atoms with Crippen LogP contribution in [0.5, 0.6) is 11.5 Å². The van der Waals surface area contributed by atoms with E-state index >= 15 is 0 Å². The average Bonchev–Trinajstić information content (AvgIpc) is 3.54. The number of rotatable bonds is 6. The van der Waals surface area contributed by atoms with Crippen LogP contribution in [0.3, 0.4) is 0 Å². The number of hydrogen-bond acceptors (Lipinski definition) is 5. The smallest absolute Gasteiger partial charge is 0.166 e. The highest BCUT2D eigenvalue weighted by molar-refractivity contribution is 6.37. The largest absolute Gasteiger partial charge is 0.486 e.